The SMILES string of the molecule is C=CCC1C/C(=C\C)CCC1O. The van der Waals surface area contributed by atoms with Crippen LogP contribution in [0.3, 0.4) is 0 Å². The number of rotatable bonds is 2. The van der Waals surface area contributed by atoms with Crippen molar-refractivity contribution < 1.29 is 5.11 Å². The van der Waals surface area contributed by atoms with Gasteiger partial charge in [0, 0.05) is 0 Å². The van der Waals surface area contributed by atoms with Gasteiger partial charge in [-0.2, -0.15) is 0 Å². The molecule has 1 rings (SSSR count). The zero-order chi connectivity index (χ0) is 8.97. The zero-order valence-electron chi connectivity index (χ0n) is 7.79. The van der Waals surface area contributed by atoms with Gasteiger partial charge < -0.3 is 5.11 Å². The predicted molar refractivity (Wildman–Crippen MR) is 51.9 cm³/mol. The van der Waals surface area contributed by atoms with E-state index in [0.29, 0.717) is 5.92 Å². The van der Waals surface area contributed by atoms with Crippen LogP contribution in [-0.4, -0.2) is 11.2 Å². The normalized spacial score (nSPS) is 33.7. The minimum atomic E-state index is -0.105. The molecule has 12 heavy (non-hydrogen) atoms. The number of hydrogen-bond acceptors (Lipinski definition) is 1. The lowest BCUT2D eigenvalue weighted by Gasteiger charge is -2.28. The Bertz CT molecular complexity index is 181. The highest BCUT2D eigenvalue weighted by Gasteiger charge is 2.23. The second-order valence-electron chi connectivity index (χ2n) is 3.54. The van der Waals surface area contributed by atoms with E-state index < -0.39 is 0 Å². The number of aliphatic hydroxyl groups is 1. The Kier molecular flexibility index (Phi) is 3.54. The summed E-state index contributed by atoms with van der Waals surface area (Å²) >= 11 is 0. The molecule has 0 radical (unpaired) electrons. The first-order chi connectivity index (χ1) is 5.77. The Hall–Kier alpha value is -0.560. The largest absolute Gasteiger partial charge is 0.393 e. The summed E-state index contributed by atoms with van der Waals surface area (Å²) in [4.78, 5) is 0. The van der Waals surface area contributed by atoms with Crippen LogP contribution in [0, 0.1) is 5.92 Å². The Balaban J connectivity index is 2.52. The van der Waals surface area contributed by atoms with Crippen molar-refractivity contribution in [2.45, 2.75) is 38.7 Å². The summed E-state index contributed by atoms with van der Waals surface area (Å²) in [6.45, 7) is 5.79. The van der Waals surface area contributed by atoms with Crippen molar-refractivity contribution in [2.75, 3.05) is 0 Å². The summed E-state index contributed by atoms with van der Waals surface area (Å²) in [6, 6.07) is 0. The molecule has 0 bridgehead atoms. The summed E-state index contributed by atoms with van der Waals surface area (Å²) < 4.78 is 0. The van der Waals surface area contributed by atoms with E-state index in [1.807, 2.05) is 6.08 Å². The van der Waals surface area contributed by atoms with Crippen LogP contribution in [0.4, 0.5) is 0 Å². The quantitative estimate of drug-likeness (QED) is 0.625. The van der Waals surface area contributed by atoms with Gasteiger partial charge in [-0.05, 0) is 38.5 Å². The van der Waals surface area contributed by atoms with Gasteiger partial charge in [-0.15, -0.1) is 6.58 Å². The molecule has 1 aliphatic carbocycles. The number of aliphatic hydroxyl groups excluding tert-OH is 1. The molecule has 2 atom stereocenters. The Morgan fingerprint density at radius 3 is 3.00 bits per heavy atom. The molecule has 0 aliphatic heterocycles. The fourth-order valence-electron chi connectivity index (χ4n) is 1.86. The molecule has 1 aliphatic rings. The van der Waals surface area contributed by atoms with Crippen LogP contribution in [-0.2, 0) is 0 Å². The van der Waals surface area contributed by atoms with Crippen molar-refractivity contribution in [3.63, 3.8) is 0 Å². The summed E-state index contributed by atoms with van der Waals surface area (Å²) in [5.41, 5.74) is 1.49. The van der Waals surface area contributed by atoms with Gasteiger partial charge in [-0.1, -0.05) is 17.7 Å². The van der Waals surface area contributed by atoms with E-state index in [2.05, 4.69) is 19.6 Å². The summed E-state index contributed by atoms with van der Waals surface area (Å²) in [7, 11) is 0. The smallest absolute Gasteiger partial charge is 0.0577 e. The molecular weight excluding hydrogens is 148 g/mol. The Labute approximate surface area is 74.8 Å². The van der Waals surface area contributed by atoms with Crippen LogP contribution in [0.2, 0.25) is 0 Å². The van der Waals surface area contributed by atoms with E-state index in [0.717, 1.165) is 25.7 Å². The van der Waals surface area contributed by atoms with Gasteiger partial charge >= 0.3 is 0 Å². The van der Waals surface area contributed by atoms with Crippen LogP contribution in [0.25, 0.3) is 0 Å². The van der Waals surface area contributed by atoms with Crippen molar-refractivity contribution in [2.24, 2.45) is 5.92 Å². The second kappa shape index (κ2) is 4.46. The molecule has 1 heteroatoms. The van der Waals surface area contributed by atoms with Crippen molar-refractivity contribution in [3.05, 3.63) is 24.3 Å². The van der Waals surface area contributed by atoms with E-state index in [4.69, 9.17) is 0 Å². The minimum absolute atomic E-state index is 0.105. The minimum Gasteiger partial charge on any atom is -0.393 e. The highest BCUT2D eigenvalue weighted by molar-refractivity contribution is 5.07. The van der Waals surface area contributed by atoms with Crippen LogP contribution in [0.5, 0.6) is 0 Å². The van der Waals surface area contributed by atoms with Gasteiger partial charge in [-0.3, -0.25) is 0 Å². The van der Waals surface area contributed by atoms with Crippen LogP contribution < -0.4 is 0 Å². The molecule has 0 saturated heterocycles. The fraction of sp³-hybridized carbons (Fsp3) is 0.636. The molecule has 0 amide bonds. The van der Waals surface area contributed by atoms with E-state index in [9.17, 15) is 5.11 Å². The lowest BCUT2D eigenvalue weighted by Crippen LogP contribution is -2.24. The third-order valence-electron chi connectivity index (χ3n) is 2.71. The maximum Gasteiger partial charge on any atom is 0.0577 e. The molecule has 2 unspecified atom stereocenters. The van der Waals surface area contributed by atoms with Crippen LogP contribution >= 0.6 is 0 Å². The van der Waals surface area contributed by atoms with E-state index in [1.165, 1.54) is 5.57 Å². The maximum absolute atomic E-state index is 9.64. The highest BCUT2D eigenvalue weighted by Crippen LogP contribution is 2.30. The van der Waals surface area contributed by atoms with Gasteiger partial charge in [0.15, 0.2) is 0 Å². The standard InChI is InChI=1S/C11H18O/c1-3-5-10-8-9(4-2)6-7-11(10)12/h3-4,10-12H,1,5-8H2,2H3/b9-4-. The molecule has 0 spiro atoms. The molecule has 1 fully saturated rings. The second-order valence-corrected chi connectivity index (χ2v) is 3.54. The van der Waals surface area contributed by atoms with Gasteiger partial charge in [0.2, 0.25) is 0 Å². The third-order valence-corrected chi connectivity index (χ3v) is 2.71. The Morgan fingerprint density at radius 1 is 1.67 bits per heavy atom. The van der Waals surface area contributed by atoms with Gasteiger partial charge in [-0.25, -0.2) is 0 Å². The number of hydrogen-bond donors (Lipinski definition) is 1. The summed E-state index contributed by atoms with van der Waals surface area (Å²) in [6.07, 6.45) is 7.99. The summed E-state index contributed by atoms with van der Waals surface area (Å²) in [5, 5.41) is 9.64. The number of allylic oxidation sites excluding steroid dienone is 3. The molecule has 0 aromatic rings. The van der Waals surface area contributed by atoms with E-state index >= 15 is 0 Å². The molecule has 1 nitrogen and oxygen atoms in total. The molecule has 1 saturated carbocycles. The van der Waals surface area contributed by atoms with E-state index in [1.54, 1.807) is 0 Å². The first-order valence-corrected chi connectivity index (χ1v) is 4.71. The van der Waals surface area contributed by atoms with Gasteiger partial charge in [0.05, 0.1) is 6.10 Å². The molecule has 1 N–H and O–H groups in total. The molecular formula is C11H18O. The molecule has 0 aromatic heterocycles. The first kappa shape index (κ1) is 9.53. The van der Waals surface area contributed by atoms with Crippen molar-refractivity contribution >= 4 is 0 Å². The maximum atomic E-state index is 9.64. The monoisotopic (exact) mass is 166 g/mol. The van der Waals surface area contributed by atoms with Crippen LogP contribution in [0.15, 0.2) is 24.3 Å². The highest BCUT2D eigenvalue weighted by atomic mass is 16.3. The van der Waals surface area contributed by atoms with Crippen molar-refractivity contribution in [1.29, 1.82) is 0 Å². The average molecular weight is 166 g/mol. The summed E-state index contributed by atoms with van der Waals surface area (Å²) in [5.74, 6) is 0.419. The van der Waals surface area contributed by atoms with Crippen molar-refractivity contribution in [1.82, 2.24) is 0 Å². The Morgan fingerprint density at radius 2 is 2.42 bits per heavy atom. The molecule has 0 heterocycles. The van der Waals surface area contributed by atoms with Crippen molar-refractivity contribution in [3.8, 4) is 0 Å². The molecule has 68 valence electrons. The lowest BCUT2D eigenvalue weighted by atomic mass is 9.81. The zero-order valence-corrected chi connectivity index (χ0v) is 7.79. The van der Waals surface area contributed by atoms with E-state index in [-0.39, 0.29) is 6.10 Å². The fourth-order valence-corrected chi connectivity index (χ4v) is 1.86. The third kappa shape index (κ3) is 2.21. The molecule has 0 aromatic carbocycles. The van der Waals surface area contributed by atoms with Gasteiger partial charge in [0.25, 0.3) is 0 Å². The predicted octanol–water partition coefficient (Wildman–Crippen LogP) is 2.67. The lowest BCUT2D eigenvalue weighted by molar-refractivity contribution is 0.0864. The topological polar surface area (TPSA) is 20.2 Å². The van der Waals surface area contributed by atoms with Gasteiger partial charge in [0.1, 0.15) is 0 Å². The van der Waals surface area contributed by atoms with Crippen LogP contribution in [0.1, 0.15) is 32.6 Å². The average Bonchev–Trinajstić information content (AvgIpc) is 2.09. The first-order valence-electron chi connectivity index (χ1n) is 4.71.